The topological polar surface area (TPSA) is 118 Å². The Morgan fingerprint density at radius 3 is 2.61 bits per heavy atom. The molecule has 0 aromatic carbocycles. The van der Waals surface area contributed by atoms with Crippen LogP contribution in [0.1, 0.15) is 64.2 Å². The molecule has 2 saturated heterocycles. The largest absolute Gasteiger partial charge is 0.381 e. The number of carbonyl (C=O) groups is 1. The average Bonchev–Trinajstić information content (AvgIpc) is 2.79. The summed E-state index contributed by atoms with van der Waals surface area (Å²) in [6.07, 6.45) is 12.5. The molecule has 7 N–H and O–H groups in total. The smallest absolute Gasteiger partial charge is 0.224 e. The number of likely N-dealkylation sites (tertiary alicyclic amines) is 1. The summed E-state index contributed by atoms with van der Waals surface area (Å²) in [5.41, 5.74) is 12.0. The fourth-order valence-corrected chi connectivity index (χ4v) is 6.57. The number of rotatable bonds is 6. The van der Waals surface area contributed by atoms with Crippen molar-refractivity contribution in [3.63, 3.8) is 0 Å². The highest BCUT2D eigenvalue weighted by Gasteiger charge is 2.40. The molecule has 4 aliphatic rings. The monoisotopic (exact) mass is 436 g/mol. The average molecular weight is 437 g/mol. The zero-order chi connectivity index (χ0) is 21.8. The molecule has 0 radical (unpaired) electrons. The van der Waals surface area contributed by atoms with E-state index in [1.807, 2.05) is 7.11 Å². The third kappa shape index (κ3) is 5.78. The Morgan fingerprint density at radius 1 is 1.10 bits per heavy atom. The van der Waals surface area contributed by atoms with Crippen LogP contribution in [-0.2, 0) is 9.53 Å². The number of primary amides is 1. The second kappa shape index (κ2) is 10.9. The van der Waals surface area contributed by atoms with E-state index in [1.54, 1.807) is 0 Å². The Balaban J connectivity index is 1.40. The van der Waals surface area contributed by atoms with Crippen LogP contribution in [-0.4, -0.2) is 68.2 Å². The van der Waals surface area contributed by atoms with Crippen molar-refractivity contribution in [2.24, 2.45) is 29.2 Å². The number of nitrogens with zero attached hydrogens (tertiary/aromatic N) is 1. The quantitative estimate of drug-likeness (QED) is 0.415. The summed E-state index contributed by atoms with van der Waals surface area (Å²) < 4.78 is 5.92. The third-order valence-electron chi connectivity index (χ3n) is 8.30. The molecular formula is C23H44N6O2. The second-order valence-corrected chi connectivity index (χ2v) is 10.4. The number of ether oxygens (including phenoxy) is 1. The standard InChI is InChI=1S/C23H44N6O2/c1-31-20-10-9-17(12-18(20)15-6-3-2-4-7-15)27-22-19(21(25)30)13-26-23(28-22)29-11-5-8-16(24)14-29/h15-20,22-23,26-28H,2-14,24H2,1H3,(H2,25,30)/t16-,17?,18?,19?,20?,22?,23?/m0/s1. The van der Waals surface area contributed by atoms with E-state index in [4.69, 9.17) is 16.2 Å². The molecule has 1 amide bonds. The molecule has 0 aromatic heterocycles. The van der Waals surface area contributed by atoms with Gasteiger partial charge in [0.2, 0.25) is 5.91 Å². The predicted octanol–water partition coefficient (Wildman–Crippen LogP) is 0.667. The second-order valence-electron chi connectivity index (χ2n) is 10.4. The van der Waals surface area contributed by atoms with Crippen molar-refractivity contribution >= 4 is 5.91 Å². The zero-order valence-corrected chi connectivity index (χ0v) is 19.2. The maximum atomic E-state index is 12.2. The SMILES string of the molecule is COC1CCC(NC2NC(N3CCC[C@H](N)C3)NCC2C(N)=O)CC1C1CCCCC1. The molecular weight excluding hydrogens is 392 g/mol. The minimum Gasteiger partial charge on any atom is -0.381 e. The first kappa shape index (κ1) is 23.4. The Morgan fingerprint density at radius 2 is 1.90 bits per heavy atom. The molecule has 0 spiro atoms. The number of methoxy groups -OCH3 is 1. The van der Waals surface area contributed by atoms with Gasteiger partial charge in [-0.2, -0.15) is 0 Å². The third-order valence-corrected chi connectivity index (χ3v) is 8.30. The summed E-state index contributed by atoms with van der Waals surface area (Å²) in [5.74, 6) is 0.878. The highest BCUT2D eigenvalue weighted by molar-refractivity contribution is 5.77. The lowest BCUT2D eigenvalue weighted by Crippen LogP contribution is -2.72. The molecule has 2 heterocycles. The van der Waals surface area contributed by atoms with Crippen LogP contribution < -0.4 is 27.4 Å². The number of nitrogens with one attached hydrogen (secondary N) is 3. The van der Waals surface area contributed by atoms with Crippen LogP contribution in [0.4, 0.5) is 0 Å². The van der Waals surface area contributed by atoms with E-state index in [0.29, 0.717) is 24.6 Å². The van der Waals surface area contributed by atoms with Gasteiger partial charge in [-0.25, -0.2) is 0 Å². The van der Waals surface area contributed by atoms with E-state index in [2.05, 4.69) is 20.9 Å². The van der Waals surface area contributed by atoms with Gasteiger partial charge in [0.15, 0.2) is 0 Å². The number of carbonyl (C=O) groups excluding carboxylic acids is 1. The van der Waals surface area contributed by atoms with E-state index in [-0.39, 0.29) is 30.3 Å². The van der Waals surface area contributed by atoms with Crippen LogP contribution >= 0.6 is 0 Å². The maximum Gasteiger partial charge on any atom is 0.224 e. The first-order chi connectivity index (χ1) is 15.0. The summed E-state index contributed by atoms with van der Waals surface area (Å²) in [6, 6.07) is 0.609. The van der Waals surface area contributed by atoms with Gasteiger partial charge in [0.25, 0.3) is 0 Å². The summed E-state index contributed by atoms with van der Waals surface area (Å²) in [4.78, 5) is 14.6. The van der Waals surface area contributed by atoms with Crippen molar-refractivity contribution in [1.82, 2.24) is 20.9 Å². The molecule has 4 rings (SSSR count). The molecule has 2 aliphatic heterocycles. The van der Waals surface area contributed by atoms with Crippen LogP contribution in [0.3, 0.4) is 0 Å². The first-order valence-electron chi connectivity index (χ1n) is 12.6. The first-order valence-corrected chi connectivity index (χ1v) is 12.6. The minimum atomic E-state index is -0.261. The van der Waals surface area contributed by atoms with E-state index in [9.17, 15) is 4.79 Å². The lowest BCUT2D eigenvalue weighted by Gasteiger charge is -2.47. The Labute approximate surface area is 187 Å². The van der Waals surface area contributed by atoms with Crippen molar-refractivity contribution in [2.75, 3.05) is 26.7 Å². The molecule has 178 valence electrons. The van der Waals surface area contributed by atoms with Crippen molar-refractivity contribution in [2.45, 2.75) is 94.9 Å². The van der Waals surface area contributed by atoms with Gasteiger partial charge < -0.3 is 16.2 Å². The molecule has 2 saturated carbocycles. The van der Waals surface area contributed by atoms with Gasteiger partial charge in [-0.05, 0) is 43.9 Å². The fourth-order valence-electron chi connectivity index (χ4n) is 6.57. The van der Waals surface area contributed by atoms with Crippen molar-refractivity contribution in [1.29, 1.82) is 0 Å². The minimum absolute atomic E-state index is 0.0314. The van der Waals surface area contributed by atoms with Crippen molar-refractivity contribution in [3.05, 3.63) is 0 Å². The van der Waals surface area contributed by atoms with Crippen LogP contribution in [0, 0.1) is 17.8 Å². The van der Waals surface area contributed by atoms with Crippen LogP contribution in [0.5, 0.6) is 0 Å². The van der Waals surface area contributed by atoms with E-state index in [0.717, 1.165) is 51.1 Å². The molecule has 2 aliphatic carbocycles. The number of hydrogen-bond donors (Lipinski definition) is 5. The number of hydrogen-bond acceptors (Lipinski definition) is 7. The lowest BCUT2D eigenvalue weighted by molar-refractivity contribution is -0.125. The van der Waals surface area contributed by atoms with Crippen molar-refractivity contribution in [3.8, 4) is 0 Å². The summed E-state index contributed by atoms with van der Waals surface area (Å²) in [5, 5.41) is 11.0. The molecule has 7 atom stereocenters. The Bertz CT molecular complexity index is 586. The van der Waals surface area contributed by atoms with Crippen molar-refractivity contribution < 1.29 is 9.53 Å². The van der Waals surface area contributed by atoms with Crippen LogP contribution in [0.2, 0.25) is 0 Å². The van der Waals surface area contributed by atoms with Gasteiger partial charge in [0.1, 0.15) is 6.29 Å². The fraction of sp³-hybridized carbons (Fsp3) is 0.957. The number of piperidine rings is 1. The van der Waals surface area contributed by atoms with E-state index >= 15 is 0 Å². The maximum absolute atomic E-state index is 12.2. The molecule has 0 bridgehead atoms. The van der Waals surface area contributed by atoms with Gasteiger partial charge in [0.05, 0.1) is 18.2 Å². The molecule has 31 heavy (non-hydrogen) atoms. The molecule has 0 aromatic rings. The summed E-state index contributed by atoms with van der Waals surface area (Å²) in [7, 11) is 1.87. The van der Waals surface area contributed by atoms with Gasteiger partial charge in [0, 0.05) is 38.8 Å². The summed E-state index contributed by atoms with van der Waals surface area (Å²) >= 11 is 0. The molecule has 6 unspecified atom stereocenters. The zero-order valence-electron chi connectivity index (χ0n) is 19.2. The number of nitrogens with two attached hydrogens (primary N) is 2. The Kier molecular flexibility index (Phi) is 8.22. The predicted molar refractivity (Wildman–Crippen MR) is 122 cm³/mol. The Hall–Kier alpha value is -0.770. The van der Waals surface area contributed by atoms with Crippen LogP contribution in [0.25, 0.3) is 0 Å². The normalized spacial score (nSPS) is 41.2. The van der Waals surface area contributed by atoms with E-state index in [1.165, 1.54) is 32.1 Å². The van der Waals surface area contributed by atoms with Gasteiger partial charge >= 0.3 is 0 Å². The van der Waals surface area contributed by atoms with Gasteiger partial charge in [-0.1, -0.05) is 32.1 Å². The van der Waals surface area contributed by atoms with Crippen LogP contribution in [0.15, 0.2) is 0 Å². The molecule has 8 nitrogen and oxygen atoms in total. The lowest BCUT2D eigenvalue weighted by atomic mass is 9.70. The molecule has 8 heteroatoms. The molecule has 4 fully saturated rings. The highest BCUT2D eigenvalue weighted by Crippen LogP contribution is 2.39. The van der Waals surface area contributed by atoms with E-state index < -0.39 is 0 Å². The number of amides is 1. The highest BCUT2D eigenvalue weighted by atomic mass is 16.5. The van der Waals surface area contributed by atoms with Gasteiger partial charge in [-0.15, -0.1) is 0 Å². The van der Waals surface area contributed by atoms with Gasteiger partial charge in [-0.3, -0.25) is 25.6 Å². The summed E-state index contributed by atoms with van der Waals surface area (Å²) in [6.45, 7) is 2.49.